The lowest BCUT2D eigenvalue weighted by Gasteiger charge is -2.33. The van der Waals surface area contributed by atoms with Crippen molar-refractivity contribution in [2.75, 3.05) is 6.61 Å². The maximum atomic E-state index is 13.0. The highest BCUT2D eigenvalue weighted by Crippen LogP contribution is 2.70. The number of aromatic nitrogens is 2. The number of aromatic amines is 1. The Morgan fingerprint density at radius 3 is 2.82 bits per heavy atom. The first-order valence-corrected chi connectivity index (χ1v) is 11.8. The van der Waals surface area contributed by atoms with E-state index in [1.54, 1.807) is 0 Å². The first kappa shape index (κ1) is 22.2. The molecule has 1 spiro atoms. The molecule has 0 bridgehead atoms. The number of fused-ring (bicyclic) bond motifs is 1. The van der Waals surface area contributed by atoms with Crippen LogP contribution in [0.2, 0.25) is 0 Å². The number of aliphatic hydroxyl groups is 1. The van der Waals surface area contributed by atoms with Crippen LogP contribution in [0.3, 0.4) is 0 Å². The van der Waals surface area contributed by atoms with Crippen LogP contribution >= 0.6 is 7.75 Å². The molecule has 5 rings (SSSR count). The molecule has 0 radical (unpaired) electrons. The largest absolute Gasteiger partial charge is 0.460 e. The second kappa shape index (κ2) is 8.01. The van der Waals surface area contributed by atoms with Crippen molar-refractivity contribution in [2.45, 2.75) is 44.1 Å². The summed E-state index contributed by atoms with van der Waals surface area (Å²) >= 11 is 0. The highest BCUT2D eigenvalue weighted by Gasteiger charge is 2.81. The van der Waals surface area contributed by atoms with Crippen LogP contribution in [0.5, 0.6) is 0 Å². The number of hydrogen-bond donors (Lipinski definition) is 3. The maximum absolute atomic E-state index is 13.0. The fraction of sp³-hybridized carbons (Fsp3) is 0.450. The Hall–Kier alpha value is -2.60. The number of nitrogens with one attached hydrogen (secondary N) is 2. The number of rotatable bonds is 6. The second-order valence-electron chi connectivity index (χ2n) is 8.26. The quantitative estimate of drug-likeness (QED) is 0.382. The lowest BCUT2D eigenvalue weighted by Crippen LogP contribution is -2.43. The van der Waals surface area contributed by atoms with Crippen LogP contribution in [-0.4, -0.2) is 51.6 Å². The average molecular weight is 479 g/mol. The van der Waals surface area contributed by atoms with Gasteiger partial charge >= 0.3 is 19.4 Å². The molecular formula is C20H22N3O9P. The van der Waals surface area contributed by atoms with Gasteiger partial charge in [0.1, 0.15) is 31.0 Å². The first-order chi connectivity index (χ1) is 15.7. The number of carbonyl (C=O) groups excluding carboxylic acids is 1. The fourth-order valence-electron chi connectivity index (χ4n) is 4.25. The Balaban J connectivity index is 1.20. The molecule has 13 heteroatoms. The van der Waals surface area contributed by atoms with Gasteiger partial charge in [-0.15, -0.1) is 0 Å². The Morgan fingerprint density at radius 2 is 2.09 bits per heavy atom. The van der Waals surface area contributed by atoms with Crippen LogP contribution in [0.4, 0.5) is 0 Å². The summed E-state index contributed by atoms with van der Waals surface area (Å²) in [6.07, 6.45) is -2.46. The smallest absolute Gasteiger partial charge is 0.406 e. The van der Waals surface area contributed by atoms with Crippen LogP contribution < -0.4 is 16.3 Å². The molecule has 3 heterocycles. The first-order valence-electron chi connectivity index (χ1n) is 10.3. The van der Waals surface area contributed by atoms with E-state index < -0.39 is 61.0 Å². The summed E-state index contributed by atoms with van der Waals surface area (Å²) in [7, 11) is -3.89. The molecule has 2 aromatic rings. The van der Waals surface area contributed by atoms with E-state index in [9.17, 15) is 24.1 Å². The van der Waals surface area contributed by atoms with E-state index in [0.29, 0.717) is 0 Å². The van der Waals surface area contributed by atoms with Gasteiger partial charge in [0.2, 0.25) is 0 Å². The lowest BCUT2D eigenvalue weighted by atomic mass is 9.99. The van der Waals surface area contributed by atoms with Crippen molar-refractivity contribution in [1.82, 2.24) is 14.6 Å². The van der Waals surface area contributed by atoms with Gasteiger partial charge in [-0.3, -0.25) is 28.2 Å². The van der Waals surface area contributed by atoms with E-state index in [2.05, 4.69) is 10.1 Å². The zero-order chi connectivity index (χ0) is 23.4. The van der Waals surface area contributed by atoms with E-state index in [-0.39, 0.29) is 13.2 Å². The molecule has 3 N–H and O–H groups in total. The monoisotopic (exact) mass is 479 g/mol. The van der Waals surface area contributed by atoms with Crippen LogP contribution in [0.25, 0.3) is 0 Å². The molecule has 2 saturated heterocycles. The van der Waals surface area contributed by atoms with Gasteiger partial charge in [-0.1, -0.05) is 30.3 Å². The van der Waals surface area contributed by atoms with E-state index in [1.165, 1.54) is 13.1 Å². The van der Waals surface area contributed by atoms with Crippen molar-refractivity contribution in [1.29, 1.82) is 0 Å². The third kappa shape index (κ3) is 3.78. The Morgan fingerprint density at radius 1 is 1.33 bits per heavy atom. The normalized spacial score (nSPS) is 35.3. The van der Waals surface area contributed by atoms with Crippen LogP contribution in [0, 0.1) is 5.41 Å². The molecule has 2 unspecified atom stereocenters. The summed E-state index contributed by atoms with van der Waals surface area (Å²) in [5.74, 6) is -0.633. The molecule has 1 saturated carbocycles. The van der Waals surface area contributed by atoms with Gasteiger partial charge in [-0.05, 0) is 12.5 Å². The van der Waals surface area contributed by atoms with Crippen molar-refractivity contribution < 1.29 is 33.0 Å². The highest BCUT2D eigenvalue weighted by atomic mass is 31.2. The van der Waals surface area contributed by atoms with Crippen LogP contribution in [0.15, 0.2) is 52.2 Å². The predicted molar refractivity (Wildman–Crippen MR) is 111 cm³/mol. The van der Waals surface area contributed by atoms with Crippen molar-refractivity contribution in [2.24, 2.45) is 5.41 Å². The molecule has 12 nitrogen and oxygen atoms in total. The Kier molecular flexibility index (Phi) is 5.39. The van der Waals surface area contributed by atoms with Gasteiger partial charge in [0, 0.05) is 12.3 Å². The number of nitrogens with zero attached hydrogens (tertiary/aromatic N) is 1. The minimum atomic E-state index is -3.89. The number of benzene rings is 1. The molecule has 1 aromatic heterocycles. The third-order valence-electron chi connectivity index (χ3n) is 6.12. The van der Waals surface area contributed by atoms with Gasteiger partial charge in [-0.2, -0.15) is 0 Å². The standard InChI is InChI=1S/C20H22N3O9P/c1-11(18(26)29-9-12-5-3-2-4-6-12)22-33(28)30-10-20-14(25)17(31-15(20)16(20)32-33)23-8-7-13(24)21-19(23)27/h2-8,11,14-17,25H,9-10H2,1H3,(H,22,28)(H,21,24,27)/t11-,14+,15-,16?,17-,20-,33?/m1/s1. The van der Waals surface area contributed by atoms with E-state index in [0.717, 1.165) is 16.2 Å². The summed E-state index contributed by atoms with van der Waals surface area (Å²) in [6.45, 7) is 1.37. The average Bonchev–Trinajstić information content (AvgIpc) is 3.31. The summed E-state index contributed by atoms with van der Waals surface area (Å²) in [5.41, 5.74) is -1.50. The summed E-state index contributed by atoms with van der Waals surface area (Å²) in [4.78, 5) is 37.7. The number of hydrogen-bond acceptors (Lipinski definition) is 9. The van der Waals surface area contributed by atoms with Gasteiger partial charge in [0.15, 0.2) is 6.23 Å². The van der Waals surface area contributed by atoms with Gasteiger partial charge in [-0.25, -0.2) is 14.4 Å². The van der Waals surface area contributed by atoms with Gasteiger partial charge in [0.05, 0.1) is 12.0 Å². The molecule has 7 atom stereocenters. The minimum absolute atomic E-state index is 0.0665. The molecule has 0 amide bonds. The SMILES string of the molecule is C[C@@H](NP1(=O)OC[C@]23C(O1)[C@H]2O[C@@H](n1ccc(=O)[nH]c1=O)[C@@H]3O)C(=O)OCc1ccccc1. The Bertz CT molecular complexity index is 1230. The second-order valence-corrected chi connectivity index (χ2v) is 9.99. The van der Waals surface area contributed by atoms with E-state index in [1.807, 2.05) is 30.3 Å². The Labute approximate surface area is 187 Å². The van der Waals surface area contributed by atoms with E-state index in [4.69, 9.17) is 18.5 Å². The van der Waals surface area contributed by atoms with Crippen molar-refractivity contribution >= 4 is 13.7 Å². The summed E-state index contributed by atoms with van der Waals surface area (Å²) < 4.78 is 36.1. The number of H-pyrrole nitrogens is 1. The maximum Gasteiger partial charge on any atom is 0.406 e. The summed E-state index contributed by atoms with van der Waals surface area (Å²) in [5, 5.41) is 13.4. The minimum Gasteiger partial charge on any atom is -0.460 e. The van der Waals surface area contributed by atoms with Crippen LogP contribution in [-0.2, 0) is 34.5 Å². The molecule has 1 aromatic carbocycles. The van der Waals surface area contributed by atoms with Crippen molar-refractivity contribution in [3.8, 4) is 0 Å². The summed E-state index contributed by atoms with van der Waals surface area (Å²) in [6, 6.07) is 9.28. The topological polar surface area (TPSA) is 158 Å². The third-order valence-corrected chi connectivity index (χ3v) is 7.80. The zero-order valence-electron chi connectivity index (χ0n) is 17.5. The number of esters is 1. The molecule has 1 aliphatic carbocycles. The number of ether oxygens (including phenoxy) is 2. The molecule has 33 heavy (non-hydrogen) atoms. The van der Waals surface area contributed by atoms with E-state index >= 15 is 0 Å². The molecule has 3 fully saturated rings. The van der Waals surface area contributed by atoms with Gasteiger partial charge < -0.3 is 14.6 Å². The van der Waals surface area contributed by atoms with Gasteiger partial charge in [0.25, 0.3) is 5.56 Å². The molecule has 3 aliphatic rings. The molecule has 2 aliphatic heterocycles. The molecular weight excluding hydrogens is 457 g/mol. The number of aliphatic hydroxyl groups excluding tert-OH is 1. The number of carbonyl (C=O) groups is 1. The predicted octanol–water partition coefficient (Wildman–Crippen LogP) is 0.0399. The zero-order valence-corrected chi connectivity index (χ0v) is 18.3. The molecule has 176 valence electrons. The van der Waals surface area contributed by atoms with Crippen molar-refractivity contribution in [3.05, 3.63) is 69.0 Å². The van der Waals surface area contributed by atoms with Crippen LogP contribution in [0.1, 0.15) is 18.7 Å². The fourth-order valence-corrected chi connectivity index (χ4v) is 6.02. The van der Waals surface area contributed by atoms with Crippen molar-refractivity contribution in [3.63, 3.8) is 0 Å². The lowest BCUT2D eigenvalue weighted by molar-refractivity contribution is -0.146. The highest BCUT2D eigenvalue weighted by molar-refractivity contribution is 7.51.